The third-order valence-corrected chi connectivity index (χ3v) is 7.18. The van der Waals surface area contributed by atoms with E-state index in [1.54, 1.807) is 13.8 Å². The minimum Gasteiger partial charge on any atom is -0.467 e. The van der Waals surface area contributed by atoms with Crippen molar-refractivity contribution in [3.05, 3.63) is 93.3 Å². The lowest BCUT2D eigenvalue weighted by Gasteiger charge is -2.29. The van der Waals surface area contributed by atoms with Crippen molar-refractivity contribution < 1.29 is 49.8 Å². The van der Waals surface area contributed by atoms with Crippen molar-refractivity contribution in [3.8, 4) is 11.1 Å². The fourth-order valence-electron chi connectivity index (χ4n) is 5.25. The summed E-state index contributed by atoms with van der Waals surface area (Å²) in [6, 6.07) is 9.65. The van der Waals surface area contributed by atoms with Crippen LogP contribution in [-0.2, 0) is 39.7 Å². The van der Waals surface area contributed by atoms with Gasteiger partial charge in [-0.2, -0.15) is 26.3 Å². The first kappa shape index (κ1) is 32.0. The largest absolute Gasteiger partial charge is 0.467 e. The number of carbonyl (C=O) groups is 2. The van der Waals surface area contributed by atoms with Crippen molar-refractivity contribution in [1.82, 2.24) is 4.90 Å². The van der Waals surface area contributed by atoms with Crippen molar-refractivity contribution >= 4 is 11.9 Å². The molecule has 1 atom stereocenters. The van der Waals surface area contributed by atoms with E-state index < -0.39 is 82.6 Å². The molecule has 0 radical (unpaired) electrons. The number of methoxy groups -OCH3 is 1. The predicted molar refractivity (Wildman–Crippen MR) is 142 cm³/mol. The molecular weight excluding hydrogens is 583 g/mol. The van der Waals surface area contributed by atoms with Gasteiger partial charge in [0.1, 0.15) is 5.82 Å². The van der Waals surface area contributed by atoms with Gasteiger partial charge in [-0.3, -0.25) is 4.79 Å². The second-order valence-corrected chi connectivity index (χ2v) is 10.2. The molecule has 0 bridgehead atoms. The standard InChI is InChI=1S/C31H28F7NO4/c1-4-5-13-43-27(29(41)42-3)24-23(18-11-9-17(2)10-12-18)25(30(33,34)35)21-15-39(16-22(21)26(24)31(36,37)38)28(40)19-7-6-8-20(32)14-19/h6-12,14,27H,4-5,13,15-16H2,1-3H3. The van der Waals surface area contributed by atoms with Crippen LogP contribution in [0.1, 0.15) is 69.6 Å². The summed E-state index contributed by atoms with van der Waals surface area (Å²) in [5.41, 5.74) is -6.27. The number of halogens is 7. The van der Waals surface area contributed by atoms with Crippen molar-refractivity contribution in [3.63, 3.8) is 0 Å². The molecule has 3 aromatic carbocycles. The monoisotopic (exact) mass is 611 g/mol. The Morgan fingerprint density at radius 2 is 1.53 bits per heavy atom. The first-order valence-corrected chi connectivity index (χ1v) is 13.4. The van der Waals surface area contributed by atoms with Gasteiger partial charge in [-0.05, 0) is 48.2 Å². The fraction of sp³-hybridized carbons (Fsp3) is 0.355. The van der Waals surface area contributed by atoms with Crippen molar-refractivity contribution in [1.29, 1.82) is 0 Å². The van der Waals surface area contributed by atoms with Crippen molar-refractivity contribution in [2.75, 3.05) is 13.7 Å². The molecule has 3 aromatic rings. The van der Waals surface area contributed by atoms with Crippen LogP contribution in [0, 0.1) is 12.7 Å². The Kier molecular flexibility index (Phi) is 9.19. The van der Waals surface area contributed by atoms with Crippen LogP contribution in [0.3, 0.4) is 0 Å². The molecule has 0 spiro atoms. The topological polar surface area (TPSA) is 55.8 Å². The van der Waals surface area contributed by atoms with Crippen LogP contribution in [-0.4, -0.2) is 30.5 Å². The highest BCUT2D eigenvalue weighted by Crippen LogP contribution is 2.53. The van der Waals surface area contributed by atoms with Crippen LogP contribution in [0.15, 0.2) is 48.5 Å². The number of nitrogens with zero attached hydrogens (tertiary/aromatic N) is 1. The molecular formula is C31H28F7NO4. The second-order valence-electron chi connectivity index (χ2n) is 10.2. The highest BCUT2D eigenvalue weighted by molar-refractivity contribution is 5.95. The van der Waals surface area contributed by atoms with Crippen LogP contribution in [0.4, 0.5) is 30.7 Å². The van der Waals surface area contributed by atoms with Gasteiger partial charge < -0.3 is 14.4 Å². The first-order valence-electron chi connectivity index (χ1n) is 13.4. The van der Waals surface area contributed by atoms with E-state index in [0.717, 1.165) is 24.1 Å². The average Bonchev–Trinajstić information content (AvgIpc) is 3.37. The Morgan fingerprint density at radius 3 is 2.07 bits per heavy atom. The molecule has 1 aliphatic heterocycles. The molecule has 0 aromatic heterocycles. The fourth-order valence-corrected chi connectivity index (χ4v) is 5.25. The molecule has 12 heteroatoms. The third-order valence-electron chi connectivity index (χ3n) is 7.18. The number of rotatable bonds is 8. The zero-order valence-electron chi connectivity index (χ0n) is 23.5. The number of hydrogen-bond donors (Lipinski definition) is 0. The normalized spacial score (nSPS) is 14.0. The number of carbonyl (C=O) groups excluding carboxylic acids is 2. The summed E-state index contributed by atoms with van der Waals surface area (Å²) in [5, 5.41) is 0. The van der Waals surface area contributed by atoms with E-state index in [2.05, 4.69) is 0 Å². The first-order chi connectivity index (χ1) is 20.2. The lowest BCUT2D eigenvalue weighted by molar-refractivity contribution is -0.157. The zero-order valence-corrected chi connectivity index (χ0v) is 23.5. The Morgan fingerprint density at radius 1 is 0.930 bits per heavy atom. The number of unbranched alkanes of at least 4 members (excludes halogenated alkanes) is 1. The van der Waals surface area contributed by atoms with Gasteiger partial charge in [-0.1, -0.05) is 49.2 Å². The number of alkyl halides is 6. The number of amides is 1. The van der Waals surface area contributed by atoms with E-state index in [4.69, 9.17) is 9.47 Å². The van der Waals surface area contributed by atoms with E-state index in [-0.39, 0.29) is 17.7 Å². The molecule has 1 heterocycles. The Labute approximate surface area is 243 Å². The molecule has 4 rings (SSSR count). The zero-order chi connectivity index (χ0) is 31.7. The molecule has 1 amide bonds. The minimum atomic E-state index is -5.28. The predicted octanol–water partition coefficient (Wildman–Crippen LogP) is 8.03. The summed E-state index contributed by atoms with van der Waals surface area (Å²) in [7, 11) is 0.898. The maximum absolute atomic E-state index is 15.1. The number of benzene rings is 3. The summed E-state index contributed by atoms with van der Waals surface area (Å²) in [6.07, 6.45) is -11.8. The highest BCUT2D eigenvalue weighted by Gasteiger charge is 2.50. The summed E-state index contributed by atoms with van der Waals surface area (Å²) in [4.78, 5) is 27.0. The number of fused-ring (bicyclic) bond motifs is 1. The summed E-state index contributed by atoms with van der Waals surface area (Å²) in [6.45, 7) is 1.48. The Balaban J connectivity index is 2.11. The number of esters is 1. The van der Waals surface area contributed by atoms with Crippen LogP contribution >= 0.6 is 0 Å². The summed E-state index contributed by atoms with van der Waals surface area (Å²) >= 11 is 0. The van der Waals surface area contributed by atoms with E-state index >= 15 is 26.3 Å². The molecule has 1 unspecified atom stereocenters. The van der Waals surface area contributed by atoms with E-state index in [0.29, 0.717) is 18.4 Å². The summed E-state index contributed by atoms with van der Waals surface area (Å²) < 4.78 is 114. The molecule has 0 saturated heterocycles. The van der Waals surface area contributed by atoms with E-state index in [9.17, 15) is 14.0 Å². The highest BCUT2D eigenvalue weighted by atomic mass is 19.4. The second kappa shape index (κ2) is 12.4. The number of ether oxygens (including phenoxy) is 2. The average molecular weight is 612 g/mol. The van der Waals surface area contributed by atoms with Crippen molar-refractivity contribution in [2.24, 2.45) is 0 Å². The Bertz CT molecular complexity index is 1510. The van der Waals surface area contributed by atoms with Crippen LogP contribution in [0.25, 0.3) is 11.1 Å². The molecule has 0 aliphatic carbocycles. The third kappa shape index (κ3) is 6.53. The van der Waals surface area contributed by atoms with Gasteiger partial charge in [0.05, 0.1) is 18.2 Å². The van der Waals surface area contributed by atoms with Gasteiger partial charge in [0.2, 0.25) is 0 Å². The molecule has 1 aliphatic rings. The summed E-state index contributed by atoms with van der Waals surface area (Å²) in [5.74, 6) is -3.07. The van der Waals surface area contributed by atoms with Crippen LogP contribution < -0.4 is 0 Å². The van der Waals surface area contributed by atoms with Gasteiger partial charge in [-0.15, -0.1) is 0 Å². The van der Waals surface area contributed by atoms with Gasteiger partial charge in [-0.25, -0.2) is 9.18 Å². The number of aryl methyl sites for hydroxylation is 1. The van der Waals surface area contributed by atoms with Crippen molar-refractivity contribution in [2.45, 2.75) is 58.2 Å². The SMILES string of the molecule is CCCCOC(C(=O)OC)c1c(-c2ccc(C)cc2)c(C(F)(F)F)c2c(c1C(F)(F)F)CN(C(=O)c1cccc(F)c1)C2. The van der Waals surface area contributed by atoms with Gasteiger partial charge in [0.15, 0.2) is 6.10 Å². The lowest BCUT2D eigenvalue weighted by Crippen LogP contribution is -2.27. The molecule has 0 fully saturated rings. The van der Waals surface area contributed by atoms with Gasteiger partial charge >= 0.3 is 18.3 Å². The van der Waals surface area contributed by atoms with E-state index in [1.807, 2.05) is 0 Å². The smallest absolute Gasteiger partial charge is 0.417 e. The molecule has 43 heavy (non-hydrogen) atoms. The van der Waals surface area contributed by atoms with Gasteiger partial charge in [0, 0.05) is 36.4 Å². The maximum atomic E-state index is 15.1. The number of hydrogen-bond acceptors (Lipinski definition) is 4. The van der Waals surface area contributed by atoms with E-state index in [1.165, 1.54) is 36.4 Å². The Hall–Kier alpha value is -3.93. The molecule has 0 saturated carbocycles. The maximum Gasteiger partial charge on any atom is 0.417 e. The van der Waals surface area contributed by atoms with Gasteiger partial charge in [0.25, 0.3) is 5.91 Å². The minimum absolute atomic E-state index is 0.232. The molecule has 230 valence electrons. The molecule has 5 nitrogen and oxygen atoms in total. The lowest BCUT2D eigenvalue weighted by atomic mass is 9.81. The molecule has 0 N–H and O–H groups in total. The van der Waals surface area contributed by atoms with Crippen LogP contribution in [0.5, 0.6) is 0 Å². The quantitative estimate of drug-likeness (QED) is 0.147. The van der Waals surface area contributed by atoms with Crippen LogP contribution in [0.2, 0.25) is 0 Å².